The van der Waals surface area contributed by atoms with Gasteiger partial charge >= 0.3 is 0 Å². The van der Waals surface area contributed by atoms with Gasteiger partial charge in [0, 0.05) is 38.3 Å². The molecule has 0 bridgehead atoms. The molecule has 27 heavy (non-hydrogen) atoms. The Hall–Kier alpha value is -1.37. The van der Waals surface area contributed by atoms with Crippen LogP contribution in [0.15, 0.2) is 28.7 Å². The molecule has 0 atom stereocenters. The maximum Gasteiger partial charge on any atom is 0.246 e. The first kappa shape index (κ1) is 20.4. The molecule has 0 aliphatic carbocycles. The van der Waals surface area contributed by atoms with Crippen molar-refractivity contribution in [1.82, 2.24) is 9.80 Å². The Morgan fingerprint density at radius 2 is 1.93 bits per heavy atom. The van der Waals surface area contributed by atoms with Gasteiger partial charge < -0.3 is 19.3 Å². The van der Waals surface area contributed by atoms with E-state index in [2.05, 4.69) is 34.7 Å². The average Bonchev–Trinajstić information content (AvgIpc) is 2.69. The predicted octanol–water partition coefficient (Wildman–Crippen LogP) is 3.57. The maximum atomic E-state index is 12.2. The highest BCUT2D eigenvalue weighted by molar-refractivity contribution is 9.10. The number of carbonyl (C=O) groups excluding carboxylic acids is 1. The summed E-state index contributed by atoms with van der Waals surface area (Å²) in [5.41, 5.74) is 0.977. The quantitative estimate of drug-likeness (QED) is 0.661. The van der Waals surface area contributed by atoms with Crippen molar-refractivity contribution >= 4 is 27.9 Å². The lowest BCUT2D eigenvalue weighted by Crippen LogP contribution is -2.41. The van der Waals surface area contributed by atoms with E-state index >= 15 is 0 Å². The highest BCUT2D eigenvalue weighted by Gasteiger charge is 2.22. The van der Waals surface area contributed by atoms with Crippen LogP contribution < -0.4 is 4.74 Å². The zero-order chi connectivity index (χ0) is 19.2. The molecule has 3 rings (SSSR count). The summed E-state index contributed by atoms with van der Waals surface area (Å²) in [6, 6.07) is 6.58. The van der Waals surface area contributed by atoms with Crippen LogP contribution in [0.4, 0.5) is 0 Å². The molecule has 2 fully saturated rings. The Bertz CT molecular complexity index is 663. The van der Waals surface area contributed by atoms with Gasteiger partial charge in [-0.25, -0.2) is 0 Å². The first-order valence-corrected chi connectivity index (χ1v) is 10.6. The Morgan fingerprint density at radius 3 is 2.56 bits per heavy atom. The molecule has 1 aromatic carbocycles. The summed E-state index contributed by atoms with van der Waals surface area (Å²) < 4.78 is 12.4. The van der Waals surface area contributed by atoms with Crippen molar-refractivity contribution in [3.05, 3.63) is 34.3 Å². The van der Waals surface area contributed by atoms with E-state index < -0.39 is 0 Å². The summed E-state index contributed by atoms with van der Waals surface area (Å²) in [6.45, 7) is 9.22. The largest absolute Gasteiger partial charge is 0.489 e. The third-order valence-electron chi connectivity index (χ3n) is 5.20. The number of carbonyl (C=O) groups is 1. The minimum absolute atomic E-state index is 0.0339. The van der Waals surface area contributed by atoms with E-state index in [1.807, 2.05) is 29.2 Å². The van der Waals surface area contributed by atoms with E-state index in [-0.39, 0.29) is 12.0 Å². The third kappa shape index (κ3) is 5.80. The maximum absolute atomic E-state index is 12.2. The van der Waals surface area contributed by atoms with Gasteiger partial charge in [0.05, 0.1) is 17.7 Å². The SMILES string of the molecule is CC(C)N1CCC(Oc2ccc(C=CC(=O)N3CCOCC3)cc2Br)CC1. The Kier molecular flexibility index (Phi) is 7.33. The molecule has 6 heteroatoms. The highest BCUT2D eigenvalue weighted by atomic mass is 79.9. The van der Waals surface area contributed by atoms with Gasteiger partial charge in [0.2, 0.25) is 5.91 Å². The number of benzene rings is 1. The van der Waals surface area contributed by atoms with Gasteiger partial charge in [0.25, 0.3) is 0 Å². The molecule has 0 unspecified atom stereocenters. The molecule has 2 saturated heterocycles. The summed E-state index contributed by atoms with van der Waals surface area (Å²) in [4.78, 5) is 16.5. The number of ether oxygens (including phenoxy) is 2. The fourth-order valence-electron chi connectivity index (χ4n) is 3.46. The molecule has 1 aromatic rings. The molecular weight excluding hydrogens is 408 g/mol. The van der Waals surface area contributed by atoms with Gasteiger partial charge in [0.15, 0.2) is 0 Å². The second kappa shape index (κ2) is 9.71. The van der Waals surface area contributed by atoms with Gasteiger partial charge in [0.1, 0.15) is 11.9 Å². The average molecular weight is 437 g/mol. The summed E-state index contributed by atoms with van der Waals surface area (Å²) in [5.74, 6) is 0.904. The van der Waals surface area contributed by atoms with Crippen LogP contribution in [0.2, 0.25) is 0 Å². The third-order valence-corrected chi connectivity index (χ3v) is 5.82. The van der Waals surface area contributed by atoms with E-state index in [4.69, 9.17) is 9.47 Å². The fraction of sp³-hybridized carbons (Fsp3) is 0.571. The molecule has 0 N–H and O–H groups in total. The number of morpholine rings is 1. The van der Waals surface area contributed by atoms with Gasteiger partial charge in [-0.2, -0.15) is 0 Å². The zero-order valence-corrected chi connectivity index (χ0v) is 17.8. The second-order valence-electron chi connectivity index (χ2n) is 7.41. The van der Waals surface area contributed by atoms with Crippen LogP contribution in [0.5, 0.6) is 5.75 Å². The minimum atomic E-state index is 0.0339. The Morgan fingerprint density at radius 1 is 1.22 bits per heavy atom. The number of likely N-dealkylation sites (tertiary alicyclic amines) is 1. The number of nitrogens with zero attached hydrogens (tertiary/aromatic N) is 2. The molecule has 2 aliphatic rings. The van der Waals surface area contributed by atoms with Crippen LogP contribution in [0.1, 0.15) is 32.3 Å². The summed E-state index contributed by atoms with van der Waals surface area (Å²) in [5, 5.41) is 0. The minimum Gasteiger partial charge on any atom is -0.489 e. The van der Waals surface area contributed by atoms with Crippen LogP contribution in [0.3, 0.4) is 0 Å². The predicted molar refractivity (Wildman–Crippen MR) is 111 cm³/mol. The number of rotatable bonds is 5. The van der Waals surface area contributed by atoms with Gasteiger partial charge in [-0.1, -0.05) is 6.07 Å². The molecule has 2 heterocycles. The van der Waals surface area contributed by atoms with Crippen LogP contribution in [-0.2, 0) is 9.53 Å². The molecule has 0 spiro atoms. The number of amides is 1. The van der Waals surface area contributed by atoms with E-state index in [1.165, 1.54) is 0 Å². The second-order valence-corrected chi connectivity index (χ2v) is 8.26. The number of hydrogen-bond donors (Lipinski definition) is 0. The van der Waals surface area contributed by atoms with Crippen molar-refractivity contribution in [2.75, 3.05) is 39.4 Å². The van der Waals surface area contributed by atoms with E-state index in [9.17, 15) is 4.79 Å². The summed E-state index contributed by atoms with van der Waals surface area (Å²) in [7, 11) is 0. The molecular formula is C21H29BrN2O3. The lowest BCUT2D eigenvalue weighted by molar-refractivity contribution is -0.129. The Balaban J connectivity index is 1.54. The summed E-state index contributed by atoms with van der Waals surface area (Å²) >= 11 is 3.61. The van der Waals surface area contributed by atoms with Gasteiger partial charge in [-0.05, 0) is 66.4 Å². The smallest absolute Gasteiger partial charge is 0.246 e. The molecule has 0 aromatic heterocycles. The van der Waals surface area contributed by atoms with Crippen LogP contribution in [0.25, 0.3) is 6.08 Å². The van der Waals surface area contributed by atoms with Crippen molar-refractivity contribution < 1.29 is 14.3 Å². The first-order chi connectivity index (χ1) is 13.0. The lowest BCUT2D eigenvalue weighted by atomic mass is 10.1. The van der Waals surface area contributed by atoms with E-state index in [1.54, 1.807) is 6.08 Å². The van der Waals surface area contributed by atoms with Crippen molar-refractivity contribution in [3.63, 3.8) is 0 Å². The van der Waals surface area contributed by atoms with E-state index in [0.717, 1.165) is 41.7 Å². The molecule has 1 amide bonds. The Labute approximate surface area is 170 Å². The van der Waals surface area contributed by atoms with Crippen LogP contribution >= 0.6 is 15.9 Å². The number of halogens is 1. The molecule has 0 saturated carbocycles. The molecule has 5 nitrogen and oxygen atoms in total. The van der Waals surface area contributed by atoms with Crippen molar-refractivity contribution in [1.29, 1.82) is 0 Å². The highest BCUT2D eigenvalue weighted by Crippen LogP contribution is 2.29. The van der Waals surface area contributed by atoms with Crippen molar-refractivity contribution in [2.45, 2.75) is 38.8 Å². The van der Waals surface area contributed by atoms with Crippen molar-refractivity contribution in [2.24, 2.45) is 0 Å². The first-order valence-electron chi connectivity index (χ1n) is 9.78. The zero-order valence-electron chi connectivity index (χ0n) is 16.2. The normalized spacial score (nSPS) is 19.8. The standard InChI is InChI=1S/C21H29BrN2O3/c1-16(2)23-9-7-18(8-10-23)27-20-5-3-17(15-19(20)22)4-6-21(25)24-11-13-26-14-12-24/h3-6,15-16,18H,7-14H2,1-2H3. The number of piperidine rings is 1. The number of hydrogen-bond acceptors (Lipinski definition) is 4. The van der Waals surface area contributed by atoms with Crippen LogP contribution in [0, 0.1) is 0 Å². The van der Waals surface area contributed by atoms with Gasteiger partial charge in [-0.3, -0.25) is 4.79 Å². The fourth-order valence-corrected chi connectivity index (χ4v) is 3.95. The van der Waals surface area contributed by atoms with E-state index in [0.29, 0.717) is 32.3 Å². The molecule has 148 valence electrons. The molecule has 0 radical (unpaired) electrons. The summed E-state index contributed by atoms with van der Waals surface area (Å²) in [6.07, 6.45) is 5.87. The topological polar surface area (TPSA) is 42.0 Å². The molecule has 2 aliphatic heterocycles. The van der Waals surface area contributed by atoms with Crippen molar-refractivity contribution in [3.8, 4) is 5.75 Å². The lowest BCUT2D eigenvalue weighted by Gasteiger charge is -2.34. The monoisotopic (exact) mass is 436 g/mol. The van der Waals surface area contributed by atoms with Crippen LogP contribution in [-0.4, -0.2) is 67.2 Å². The van der Waals surface area contributed by atoms with Gasteiger partial charge in [-0.15, -0.1) is 0 Å².